The smallest absolute Gasteiger partial charge is 0.245 e. The van der Waals surface area contributed by atoms with Crippen LogP contribution in [0.4, 0.5) is 0 Å². The average molecular weight is 334 g/mol. The Labute approximate surface area is 140 Å². The van der Waals surface area contributed by atoms with Crippen LogP contribution in [0.5, 0.6) is 17.2 Å². The second-order valence-corrected chi connectivity index (χ2v) is 6.09. The van der Waals surface area contributed by atoms with Crippen LogP contribution in [0.3, 0.4) is 0 Å². The number of rotatable bonds is 6. The van der Waals surface area contributed by atoms with Crippen molar-refractivity contribution in [2.45, 2.75) is 38.1 Å². The highest BCUT2D eigenvalue weighted by Crippen LogP contribution is 2.35. The Morgan fingerprint density at radius 2 is 1.96 bits per heavy atom. The molecular formula is C17H22N2O5. The first kappa shape index (κ1) is 16.4. The van der Waals surface area contributed by atoms with Gasteiger partial charge >= 0.3 is 0 Å². The number of hydrogen-bond acceptors (Lipinski definition) is 5. The van der Waals surface area contributed by atoms with Gasteiger partial charge in [0.05, 0.1) is 6.54 Å². The summed E-state index contributed by atoms with van der Waals surface area (Å²) < 4.78 is 16.2. The molecule has 1 aliphatic carbocycles. The van der Waals surface area contributed by atoms with Gasteiger partial charge < -0.3 is 24.8 Å². The van der Waals surface area contributed by atoms with Crippen LogP contribution in [0.2, 0.25) is 0 Å². The third kappa shape index (κ3) is 3.55. The maximum atomic E-state index is 12.4. The predicted molar refractivity (Wildman–Crippen MR) is 86.1 cm³/mol. The maximum Gasteiger partial charge on any atom is 0.245 e. The van der Waals surface area contributed by atoms with Crippen molar-refractivity contribution in [1.82, 2.24) is 10.6 Å². The second-order valence-electron chi connectivity index (χ2n) is 6.09. The van der Waals surface area contributed by atoms with E-state index in [1.165, 1.54) is 6.92 Å². The quantitative estimate of drug-likeness (QED) is 0.767. The molecule has 130 valence electrons. The van der Waals surface area contributed by atoms with Crippen LogP contribution >= 0.6 is 0 Å². The number of benzene rings is 1. The molecule has 24 heavy (non-hydrogen) atoms. The molecule has 0 atom stereocenters. The second kappa shape index (κ2) is 6.98. The summed E-state index contributed by atoms with van der Waals surface area (Å²) in [4.78, 5) is 23.8. The lowest BCUT2D eigenvalue weighted by molar-refractivity contribution is -0.132. The van der Waals surface area contributed by atoms with Gasteiger partial charge in [-0.3, -0.25) is 9.59 Å². The van der Waals surface area contributed by atoms with E-state index in [0.29, 0.717) is 43.2 Å². The fourth-order valence-corrected chi connectivity index (χ4v) is 3.19. The first-order chi connectivity index (χ1) is 11.6. The molecule has 2 N–H and O–H groups in total. The molecule has 0 saturated heterocycles. The van der Waals surface area contributed by atoms with Gasteiger partial charge in [0.15, 0.2) is 11.5 Å². The van der Waals surface area contributed by atoms with Gasteiger partial charge in [-0.15, -0.1) is 0 Å². The van der Waals surface area contributed by atoms with Gasteiger partial charge in [0.25, 0.3) is 0 Å². The largest absolute Gasteiger partial charge is 0.492 e. The molecule has 1 aliphatic heterocycles. The maximum absolute atomic E-state index is 12.4. The number of fused-ring (bicyclic) bond motifs is 1. The van der Waals surface area contributed by atoms with E-state index in [2.05, 4.69) is 10.6 Å². The van der Waals surface area contributed by atoms with Gasteiger partial charge in [0.1, 0.15) is 17.9 Å². The summed E-state index contributed by atoms with van der Waals surface area (Å²) >= 11 is 0. The van der Waals surface area contributed by atoms with E-state index in [9.17, 15) is 9.59 Å². The highest BCUT2D eigenvalue weighted by molar-refractivity contribution is 5.91. The molecule has 2 amide bonds. The van der Waals surface area contributed by atoms with Crippen LogP contribution in [-0.2, 0) is 9.59 Å². The van der Waals surface area contributed by atoms with Crippen molar-refractivity contribution < 1.29 is 23.8 Å². The molecule has 0 unspecified atom stereocenters. The summed E-state index contributed by atoms with van der Waals surface area (Å²) in [5, 5.41) is 5.68. The standard InChI is InChI=1S/C17H22N2O5/c1-12(20)19-17(6-2-3-7-17)16(21)18-8-9-22-13-4-5-14-15(10-13)24-11-23-14/h4-5,10H,2-3,6-9,11H2,1H3,(H,18,21)(H,19,20). The molecule has 1 aromatic rings. The molecule has 1 fully saturated rings. The summed E-state index contributed by atoms with van der Waals surface area (Å²) in [6.45, 7) is 2.37. The molecule has 0 radical (unpaired) electrons. The van der Waals surface area contributed by atoms with Crippen molar-refractivity contribution >= 4 is 11.8 Å². The van der Waals surface area contributed by atoms with Gasteiger partial charge in [0, 0.05) is 13.0 Å². The van der Waals surface area contributed by atoms with Gasteiger partial charge in [-0.25, -0.2) is 0 Å². The van der Waals surface area contributed by atoms with Crippen LogP contribution in [-0.4, -0.2) is 37.3 Å². The zero-order chi connectivity index (χ0) is 17.0. The summed E-state index contributed by atoms with van der Waals surface area (Å²) in [5.74, 6) is 1.71. The molecule has 3 rings (SSSR count). The van der Waals surface area contributed by atoms with Crippen molar-refractivity contribution in [2.24, 2.45) is 0 Å². The number of amides is 2. The van der Waals surface area contributed by atoms with Crippen LogP contribution in [0.15, 0.2) is 18.2 Å². The topological polar surface area (TPSA) is 85.9 Å². The van der Waals surface area contributed by atoms with Crippen molar-refractivity contribution in [2.75, 3.05) is 19.9 Å². The molecular weight excluding hydrogens is 312 g/mol. The normalized spacial score (nSPS) is 17.4. The first-order valence-corrected chi connectivity index (χ1v) is 8.19. The number of carbonyl (C=O) groups is 2. The van der Waals surface area contributed by atoms with E-state index >= 15 is 0 Å². The summed E-state index contributed by atoms with van der Waals surface area (Å²) in [5.41, 5.74) is -0.759. The van der Waals surface area contributed by atoms with E-state index in [1.807, 2.05) is 0 Å². The minimum absolute atomic E-state index is 0.135. The Balaban J connectivity index is 1.47. The fourth-order valence-electron chi connectivity index (χ4n) is 3.19. The molecule has 0 bridgehead atoms. The van der Waals surface area contributed by atoms with Crippen LogP contribution < -0.4 is 24.8 Å². The molecule has 1 saturated carbocycles. The van der Waals surface area contributed by atoms with E-state index in [-0.39, 0.29) is 18.6 Å². The molecule has 1 heterocycles. The van der Waals surface area contributed by atoms with Gasteiger partial charge in [0.2, 0.25) is 18.6 Å². The van der Waals surface area contributed by atoms with Crippen molar-refractivity contribution in [3.05, 3.63) is 18.2 Å². The number of hydrogen-bond donors (Lipinski definition) is 2. The van der Waals surface area contributed by atoms with Crippen LogP contribution in [0.1, 0.15) is 32.6 Å². The third-order valence-electron chi connectivity index (χ3n) is 4.31. The van der Waals surface area contributed by atoms with Crippen LogP contribution in [0, 0.1) is 0 Å². The van der Waals surface area contributed by atoms with Gasteiger partial charge in [-0.05, 0) is 25.0 Å². The monoisotopic (exact) mass is 334 g/mol. The fraction of sp³-hybridized carbons (Fsp3) is 0.529. The lowest BCUT2D eigenvalue weighted by atomic mass is 9.96. The minimum atomic E-state index is -0.759. The Morgan fingerprint density at radius 1 is 1.21 bits per heavy atom. The van der Waals surface area contributed by atoms with E-state index in [4.69, 9.17) is 14.2 Å². The van der Waals surface area contributed by atoms with Gasteiger partial charge in [-0.2, -0.15) is 0 Å². The highest BCUT2D eigenvalue weighted by atomic mass is 16.7. The van der Waals surface area contributed by atoms with Crippen molar-refractivity contribution in [1.29, 1.82) is 0 Å². The number of carbonyl (C=O) groups excluding carboxylic acids is 2. The number of ether oxygens (including phenoxy) is 3. The lowest BCUT2D eigenvalue weighted by Gasteiger charge is -2.28. The van der Waals surface area contributed by atoms with Crippen molar-refractivity contribution in [3.8, 4) is 17.2 Å². The third-order valence-corrected chi connectivity index (χ3v) is 4.31. The molecule has 2 aliphatic rings. The Kier molecular flexibility index (Phi) is 4.78. The molecule has 1 aromatic carbocycles. The van der Waals surface area contributed by atoms with E-state index in [1.54, 1.807) is 18.2 Å². The SMILES string of the molecule is CC(=O)NC1(C(=O)NCCOc2ccc3c(c2)OCO3)CCCC1. The average Bonchev–Trinajstić information content (AvgIpc) is 3.20. The molecule has 7 nitrogen and oxygen atoms in total. The zero-order valence-corrected chi connectivity index (χ0v) is 13.7. The van der Waals surface area contributed by atoms with Crippen molar-refractivity contribution in [3.63, 3.8) is 0 Å². The Hall–Kier alpha value is -2.44. The minimum Gasteiger partial charge on any atom is -0.492 e. The number of nitrogens with one attached hydrogen (secondary N) is 2. The lowest BCUT2D eigenvalue weighted by Crippen LogP contribution is -2.57. The van der Waals surface area contributed by atoms with Gasteiger partial charge in [-0.1, -0.05) is 12.8 Å². The Bertz CT molecular complexity index is 625. The van der Waals surface area contributed by atoms with E-state index < -0.39 is 5.54 Å². The Morgan fingerprint density at radius 3 is 2.71 bits per heavy atom. The first-order valence-electron chi connectivity index (χ1n) is 8.19. The summed E-state index contributed by atoms with van der Waals surface area (Å²) in [6, 6.07) is 5.35. The summed E-state index contributed by atoms with van der Waals surface area (Å²) in [6.07, 6.45) is 3.26. The van der Waals surface area contributed by atoms with E-state index in [0.717, 1.165) is 12.8 Å². The highest BCUT2D eigenvalue weighted by Gasteiger charge is 2.41. The summed E-state index contributed by atoms with van der Waals surface area (Å²) in [7, 11) is 0. The molecule has 0 aromatic heterocycles. The predicted octanol–water partition coefficient (Wildman–Crippen LogP) is 1.36. The molecule has 0 spiro atoms. The molecule has 7 heteroatoms. The zero-order valence-electron chi connectivity index (χ0n) is 13.7. The van der Waals surface area contributed by atoms with Crippen LogP contribution in [0.25, 0.3) is 0 Å².